The fourth-order valence-electron chi connectivity index (χ4n) is 3.25. The van der Waals surface area contributed by atoms with Crippen molar-refractivity contribution < 1.29 is 4.79 Å². The summed E-state index contributed by atoms with van der Waals surface area (Å²) < 4.78 is 0. The van der Waals surface area contributed by atoms with E-state index in [0.29, 0.717) is 11.5 Å². The van der Waals surface area contributed by atoms with Gasteiger partial charge in [0.25, 0.3) is 0 Å². The van der Waals surface area contributed by atoms with Crippen LogP contribution in [0.1, 0.15) is 23.8 Å². The second-order valence-electron chi connectivity index (χ2n) is 5.92. The molecule has 0 radical (unpaired) electrons. The number of rotatable bonds is 4. The first-order chi connectivity index (χ1) is 11.7. The summed E-state index contributed by atoms with van der Waals surface area (Å²) in [7, 11) is 1.87. The van der Waals surface area contributed by atoms with Crippen LogP contribution in [0, 0.1) is 0 Å². The topological polar surface area (TPSA) is 78.0 Å². The van der Waals surface area contributed by atoms with E-state index in [0.717, 1.165) is 24.9 Å². The number of H-pyrrole nitrogens is 1. The number of likely N-dealkylation sites (N-methyl/N-ethyl adjacent to an activating group) is 1. The number of anilines is 1. The minimum absolute atomic E-state index is 0.125. The van der Waals surface area contributed by atoms with Crippen molar-refractivity contribution in [3.8, 4) is 0 Å². The molecule has 0 saturated carbocycles. The zero-order chi connectivity index (χ0) is 16.5. The van der Waals surface area contributed by atoms with Crippen molar-refractivity contribution in [1.82, 2.24) is 24.8 Å². The molecule has 1 aliphatic rings. The highest BCUT2D eigenvalue weighted by atomic mass is 32.1. The fourth-order valence-corrected chi connectivity index (χ4v) is 4.13. The first kappa shape index (κ1) is 15.1. The number of likely N-dealkylation sites (tertiary alicyclic amines) is 1. The van der Waals surface area contributed by atoms with E-state index in [4.69, 9.17) is 0 Å². The number of aromatic amines is 1. The number of hydrogen-bond donors (Lipinski definition) is 1. The highest BCUT2D eigenvalue weighted by molar-refractivity contribution is 7.10. The SMILES string of the molecule is CN(CC(=O)N1CCCC1c1cccs1)c1ncnc2nc[nH]c12. The zero-order valence-corrected chi connectivity index (χ0v) is 14.2. The predicted octanol–water partition coefficient (Wildman–Crippen LogP) is 2.21. The molecule has 1 saturated heterocycles. The third-order valence-electron chi connectivity index (χ3n) is 4.38. The van der Waals surface area contributed by atoms with Gasteiger partial charge >= 0.3 is 0 Å². The third kappa shape index (κ3) is 2.62. The van der Waals surface area contributed by atoms with Crippen LogP contribution in [0.5, 0.6) is 0 Å². The summed E-state index contributed by atoms with van der Waals surface area (Å²) in [6, 6.07) is 4.37. The van der Waals surface area contributed by atoms with Crippen LogP contribution in [0.25, 0.3) is 11.2 Å². The molecule has 1 fully saturated rings. The normalized spacial score (nSPS) is 17.5. The monoisotopic (exact) mass is 342 g/mol. The zero-order valence-electron chi connectivity index (χ0n) is 13.3. The van der Waals surface area contributed by atoms with Crippen molar-refractivity contribution in [1.29, 1.82) is 0 Å². The standard InChI is InChI=1S/C16H18N6OS/c1-21(16-14-15(18-9-17-14)19-10-20-16)8-13(23)22-6-2-4-11(22)12-5-3-7-24-12/h3,5,7,9-11H,2,4,6,8H2,1H3,(H,17,18,19,20). The molecular formula is C16H18N6OS. The molecule has 0 aliphatic carbocycles. The van der Waals surface area contributed by atoms with E-state index in [-0.39, 0.29) is 18.5 Å². The first-order valence-electron chi connectivity index (χ1n) is 7.92. The number of amides is 1. The molecule has 0 bridgehead atoms. The van der Waals surface area contributed by atoms with E-state index in [1.165, 1.54) is 11.2 Å². The highest BCUT2D eigenvalue weighted by Crippen LogP contribution is 2.34. The number of aromatic nitrogens is 4. The lowest BCUT2D eigenvalue weighted by Gasteiger charge is -2.27. The summed E-state index contributed by atoms with van der Waals surface area (Å²) in [6.45, 7) is 1.10. The third-order valence-corrected chi connectivity index (χ3v) is 5.36. The Morgan fingerprint density at radius 1 is 1.46 bits per heavy atom. The van der Waals surface area contributed by atoms with Gasteiger partial charge in [0.2, 0.25) is 5.91 Å². The Hall–Kier alpha value is -2.48. The van der Waals surface area contributed by atoms with Crippen LogP contribution >= 0.6 is 11.3 Å². The fraction of sp³-hybridized carbons (Fsp3) is 0.375. The molecule has 8 heteroatoms. The Balaban J connectivity index is 1.52. The molecule has 4 heterocycles. The van der Waals surface area contributed by atoms with Gasteiger partial charge in [-0.15, -0.1) is 11.3 Å². The van der Waals surface area contributed by atoms with Crippen molar-refractivity contribution in [2.45, 2.75) is 18.9 Å². The minimum Gasteiger partial charge on any atom is -0.348 e. The molecule has 1 N–H and O–H groups in total. The Morgan fingerprint density at radius 2 is 2.38 bits per heavy atom. The molecule has 7 nitrogen and oxygen atoms in total. The predicted molar refractivity (Wildman–Crippen MR) is 93.0 cm³/mol. The van der Waals surface area contributed by atoms with E-state index < -0.39 is 0 Å². The molecular weight excluding hydrogens is 324 g/mol. The van der Waals surface area contributed by atoms with Gasteiger partial charge in [0.05, 0.1) is 18.9 Å². The Labute approximate surface area is 143 Å². The number of carbonyl (C=O) groups is 1. The maximum absolute atomic E-state index is 12.8. The van der Waals surface area contributed by atoms with E-state index >= 15 is 0 Å². The van der Waals surface area contributed by atoms with Gasteiger partial charge in [-0.2, -0.15) is 0 Å². The number of imidazole rings is 1. The van der Waals surface area contributed by atoms with Gasteiger partial charge < -0.3 is 14.8 Å². The van der Waals surface area contributed by atoms with Crippen LogP contribution in [0.15, 0.2) is 30.2 Å². The lowest BCUT2D eigenvalue weighted by atomic mass is 10.2. The number of carbonyl (C=O) groups excluding carboxylic acids is 1. The summed E-state index contributed by atoms with van der Waals surface area (Å²) in [4.78, 5) is 33.5. The van der Waals surface area contributed by atoms with Gasteiger partial charge in [-0.1, -0.05) is 6.07 Å². The number of nitrogens with one attached hydrogen (secondary N) is 1. The molecule has 3 aromatic heterocycles. The maximum Gasteiger partial charge on any atom is 0.242 e. The first-order valence-corrected chi connectivity index (χ1v) is 8.80. The average Bonchev–Trinajstić information content (AvgIpc) is 3.32. The maximum atomic E-state index is 12.8. The molecule has 1 atom stereocenters. The van der Waals surface area contributed by atoms with E-state index in [9.17, 15) is 4.79 Å². The van der Waals surface area contributed by atoms with E-state index in [1.807, 2.05) is 22.9 Å². The number of fused-ring (bicyclic) bond motifs is 1. The number of nitrogens with zero attached hydrogens (tertiary/aromatic N) is 5. The second kappa shape index (κ2) is 6.20. The Bertz CT molecular complexity index is 845. The van der Waals surface area contributed by atoms with E-state index in [1.54, 1.807) is 17.7 Å². The second-order valence-corrected chi connectivity index (χ2v) is 6.89. The van der Waals surface area contributed by atoms with Gasteiger partial charge in [0, 0.05) is 18.5 Å². The van der Waals surface area contributed by atoms with Crippen LogP contribution in [0.2, 0.25) is 0 Å². The molecule has 1 aliphatic heterocycles. The minimum atomic E-state index is 0.125. The molecule has 24 heavy (non-hydrogen) atoms. The average molecular weight is 342 g/mol. The summed E-state index contributed by atoms with van der Waals surface area (Å²) in [5, 5.41) is 2.07. The molecule has 0 spiro atoms. The van der Waals surface area contributed by atoms with Crippen molar-refractivity contribution in [2.24, 2.45) is 0 Å². The highest BCUT2D eigenvalue weighted by Gasteiger charge is 2.31. The van der Waals surface area contributed by atoms with Gasteiger partial charge in [-0.3, -0.25) is 4.79 Å². The summed E-state index contributed by atoms with van der Waals surface area (Å²) in [5.74, 6) is 0.817. The summed E-state index contributed by atoms with van der Waals surface area (Å²) in [6.07, 6.45) is 5.15. The van der Waals surface area contributed by atoms with Crippen molar-refractivity contribution in [3.05, 3.63) is 35.0 Å². The molecule has 124 valence electrons. The largest absolute Gasteiger partial charge is 0.348 e. The van der Waals surface area contributed by atoms with Gasteiger partial charge in [-0.25, -0.2) is 15.0 Å². The van der Waals surface area contributed by atoms with Gasteiger partial charge in [-0.05, 0) is 24.3 Å². The smallest absolute Gasteiger partial charge is 0.242 e. The number of thiophene rings is 1. The summed E-state index contributed by atoms with van der Waals surface area (Å²) in [5.41, 5.74) is 1.36. The van der Waals surface area contributed by atoms with Crippen LogP contribution in [-0.4, -0.2) is 50.9 Å². The molecule has 3 aromatic rings. The number of hydrogen-bond acceptors (Lipinski definition) is 6. The molecule has 1 unspecified atom stereocenters. The van der Waals surface area contributed by atoms with Crippen molar-refractivity contribution in [3.63, 3.8) is 0 Å². The molecule has 0 aromatic carbocycles. The molecule has 1 amide bonds. The van der Waals surface area contributed by atoms with E-state index in [2.05, 4.69) is 31.4 Å². The summed E-state index contributed by atoms with van der Waals surface area (Å²) >= 11 is 1.72. The van der Waals surface area contributed by atoms with Gasteiger partial charge in [0.15, 0.2) is 11.5 Å². The Kier molecular flexibility index (Phi) is 3.89. The van der Waals surface area contributed by atoms with Crippen molar-refractivity contribution >= 4 is 34.2 Å². The quantitative estimate of drug-likeness (QED) is 0.786. The molecule has 4 rings (SSSR count). The lowest BCUT2D eigenvalue weighted by molar-refractivity contribution is -0.130. The van der Waals surface area contributed by atoms with Crippen LogP contribution in [-0.2, 0) is 4.79 Å². The van der Waals surface area contributed by atoms with Gasteiger partial charge in [0.1, 0.15) is 11.8 Å². The Morgan fingerprint density at radius 3 is 3.21 bits per heavy atom. The van der Waals surface area contributed by atoms with Crippen LogP contribution < -0.4 is 4.90 Å². The van der Waals surface area contributed by atoms with Crippen LogP contribution in [0.3, 0.4) is 0 Å². The lowest BCUT2D eigenvalue weighted by Crippen LogP contribution is -2.38. The van der Waals surface area contributed by atoms with Crippen molar-refractivity contribution in [2.75, 3.05) is 25.0 Å². The van der Waals surface area contributed by atoms with Crippen LogP contribution in [0.4, 0.5) is 5.82 Å².